The molecule has 5 heteroatoms. The van der Waals surface area contributed by atoms with E-state index >= 15 is 0 Å². The second-order valence-electron chi connectivity index (χ2n) is 6.38. The van der Waals surface area contributed by atoms with Crippen molar-refractivity contribution in [2.45, 2.75) is 39.3 Å². The molecule has 1 unspecified atom stereocenters. The molecule has 2 heterocycles. The third-order valence-corrected chi connectivity index (χ3v) is 4.28. The average molecular weight is 288 g/mol. The molecule has 2 aromatic rings. The van der Waals surface area contributed by atoms with Crippen LogP contribution in [-0.4, -0.2) is 33.5 Å². The van der Waals surface area contributed by atoms with Gasteiger partial charge in [0.2, 0.25) is 5.89 Å². The predicted octanol–water partition coefficient (Wildman–Crippen LogP) is 2.90. The van der Waals surface area contributed by atoms with E-state index in [1.165, 1.54) is 0 Å². The number of carboxylic acid groups (broad SMARTS) is 1. The Labute approximate surface area is 123 Å². The molecule has 0 spiro atoms. The summed E-state index contributed by atoms with van der Waals surface area (Å²) in [5.74, 6) is -0.184. The molecule has 1 saturated heterocycles. The smallest absolute Gasteiger partial charge is 0.321 e. The van der Waals surface area contributed by atoms with E-state index in [9.17, 15) is 9.90 Å². The number of likely N-dealkylation sites (tertiary alicyclic amines) is 1. The standard InChI is InChI=1S/C16H20N2O3/c1-16(2)8-5-9-18(14(16)15(19)20)10-13-17-11-6-3-4-7-12(11)21-13/h3-4,6-7,14H,5,8-10H2,1-2H3,(H,19,20). The Kier molecular flexibility index (Phi) is 3.45. The van der Waals surface area contributed by atoms with Crippen LogP contribution in [0, 0.1) is 5.41 Å². The van der Waals surface area contributed by atoms with Crippen molar-refractivity contribution in [2.24, 2.45) is 5.41 Å². The molecule has 0 radical (unpaired) electrons. The molecular weight excluding hydrogens is 268 g/mol. The minimum Gasteiger partial charge on any atom is -0.480 e. The van der Waals surface area contributed by atoms with Gasteiger partial charge in [-0.2, -0.15) is 0 Å². The van der Waals surface area contributed by atoms with Gasteiger partial charge < -0.3 is 9.52 Å². The summed E-state index contributed by atoms with van der Waals surface area (Å²) >= 11 is 0. The summed E-state index contributed by atoms with van der Waals surface area (Å²) in [6.45, 7) is 5.24. The Hall–Kier alpha value is -1.88. The van der Waals surface area contributed by atoms with E-state index in [1.807, 2.05) is 43.0 Å². The van der Waals surface area contributed by atoms with E-state index in [-0.39, 0.29) is 5.41 Å². The first-order chi connectivity index (χ1) is 9.97. The summed E-state index contributed by atoms with van der Waals surface area (Å²) in [6.07, 6.45) is 1.92. The Balaban J connectivity index is 1.86. The number of rotatable bonds is 3. The fourth-order valence-corrected chi connectivity index (χ4v) is 3.32. The maximum atomic E-state index is 11.7. The van der Waals surface area contributed by atoms with Crippen LogP contribution in [0.3, 0.4) is 0 Å². The minimum absolute atomic E-state index is 0.240. The number of piperidine rings is 1. The third kappa shape index (κ3) is 2.65. The number of carboxylic acids is 1. The van der Waals surface area contributed by atoms with Crippen LogP contribution in [-0.2, 0) is 11.3 Å². The second kappa shape index (κ2) is 5.15. The van der Waals surface area contributed by atoms with Crippen molar-refractivity contribution in [1.82, 2.24) is 9.88 Å². The number of nitrogens with zero attached hydrogens (tertiary/aromatic N) is 2. The number of benzene rings is 1. The summed E-state index contributed by atoms with van der Waals surface area (Å²) in [6, 6.07) is 7.10. The molecule has 1 fully saturated rings. The number of para-hydroxylation sites is 2. The lowest BCUT2D eigenvalue weighted by molar-refractivity contribution is -0.151. The first-order valence-corrected chi connectivity index (χ1v) is 7.29. The first kappa shape index (κ1) is 14.1. The molecule has 1 aliphatic rings. The molecule has 0 amide bonds. The van der Waals surface area contributed by atoms with Gasteiger partial charge in [0.25, 0.3) is 0 Å². The van der Waals surface area contributed by atoms with Gasteiger partial charge in [-0.25, -0.2) is 4.98 Å². The number of fused-ring (bicyclic) bond motifs is 1. The molecule has 112 valence electrons. The molecule has 21 heavy (non-hydrogen) atoms. The highest BCUT2D eigenvalue weighted by molar-refractivity contribution is 5.75. The van der Waals surface area contributed by atoms with Crippen molar-refractivity contribution >= 4 is 17.1 Å². The van der Waals surface area contributed by atoms with Gasteiger partial charge in [-0.1, -0.05) is 26.0 Å². The zero-order chi connectivity index (χ0) is 15.0. The fourth-order valence-electron chi connectivity index (χ4n) is 3.32. The maximum absolute atomic E-state index is 11.7. The summed E-state index contributed by atoms with van der Waals surface area (Å²) in [4.78, 5) is 18.1. The van der Waals surface area contributed by atoms with Crippen molar-refractivity contribution in [3.05, 3.63) is 30.2 Å². The molecule has 0 saturated carbocycles. The summed E-state index contributed by atoms with van der Waals surface area (Å²) in [5, 5.41) is 9.57. The predicted molar refractivity (Wildman–Crippen MR) is 78.9 cm³/mol. The summed E-state index contributed by atoms with van der Waals surface area (Å²) in [5.41, 5.74) is 1.32. The van der Waals surface area contributed by atoms with E-state index in [4.69, 9.17) is 4.42 Å². The van der Waals surface area contributed by atoms with Gasteiger partial charge in [-0.05, 0) is 36.9 Å². The molecule has 3 rings (SSSR count). The van der Waals surface area contributed by atoms with E-state index < -0.39 is 12.0 Å². The van der Waals surface area contributed by atoms with Crippen LogP contribution < -0.4 is 0 Å². The number of aliphatic carboxylic acids is 1. The highest BCUT2D eigenvalue weighted by Gasteiger charge is 2.42. The average Bonchev–Trinajstić information content (AvgIpc) is 2.79. The third-order valence-electron chi connectivity index (χ3n) is 4.28. The first-order valence-electron chi connectivity index (χ1n) is 7.29. The Morgan fingerprint density at radius 3 is 2.95 bits per heavy atom. The Morgan fingerprint density at radius 2 is 2.24 bits per heavy atom. The highest BCUT2D eigenvalue weighted by atomic mass is 16.4. The number of carbonyl (C=O) groups is 1. The number of oxazole rings is 1. The van der Waals surface area contributed by atoms with Crippen molar-refractivity contribution in [1.29, 1.82) is 0 Å². The molecule has 0 aliphatic carbocycles. The van der Waals surface area contributed by atoms with Gasteiger partial charge in [0.05, 0.1) is 6.54 Å². The van der Waals surface area contributed by atoms with Gasteiger partial charge in [-0.3, -0.25) is 9.69 Å². The topological polar surface area (TPSA) is 66.6 Å². The van der Waals surface area contributed by atoms with Crippen molar-refractivity contribution in [3.63, 3.8) is 0 Å². The molecule has 5 nitrogen and oxygen atoms in total. The molecule has 0 bridgehead atoms. The molecule has 1 aromatic carbocycles. The van der Waals surface area contributed by atoms with Gasteiger partial charge in [0.15, 0.2) is 5.58 Å². The molecule has 1 aromatic heterocycles. The zero-order valence-electron chi connectivity index (χ0n) is 12.4. The van der Waals surface area contributed by atoms with Crippen LogP contribution in [0.4, 0.5) is 0 Å². The van der Waals surface area contributed by atoms with Crippen LogP contribution in [0.5, 0.6) is 0 Å². The zero-order valence-corrected chi connectivity index (χ0v) is 12.4. The van der Waals surface area contributed by atoms with Crippen LogP contribution in [0.15, 0.2) is 28.7 Å². The quantitative estimate of drug-likeness (QED) is 0.940. The summed E-state index contributed by atoms with van der Waals surface area (Å²) < 4.78 is 5.72. The molecule has 1 atom stereocenters. The van der Waals surface area contributed by atoms with Crippen molar-refractivity contribution < 1.29 is 14.3 Å². The Bertz CT molecular complexity index is 629. The Morgan fingerprint density at radius 1 is 1.48 bits per heavy atom. The lowest BCUT2D eigenvalue weighted by Crippen LogP contribution is -2.53. The number of hydrogen-bond acceptors (Lipinski definition) is 4. The molecular formula is C16H20N2O3. The second-order valence-corrected chi connectivity index (χ2v) is 6.38. The number of hydrogen-bond donors (Lipinski definition) is 1. The lowest BCUT2D eigenvalue weighted by Gasteiger charge is -2.43. The number of aromatic nitrogens is 1. The fraction of sp³-hybridized carbons (Fsp3) is 0.500. The van der Waals surface area contributed by atoms with E-state index in [2.05, 4.69) is 4.98 Å². The van der Waals surface area contributed by atoms with Gasteiger partial charge in [0.1, 0.15) is 11.6 Å². The van der Waals surface area contributed by atoms with Gasteiger partial charge in [0, 0.05) is 0 Å². The molecule has 1 aliphatic heterocycles. The van der Waals surface area contributed by atoms with Crippen molar-refractivity contribution in [3.8, 4) is 0 Å². The SMILES string of the molecule is CC1(C)CCCN(Cc2nc3ccccc3o2)C1C(=O)O. The lowest BCUT2D eigenvalue weighted by atomic mass is 9.76. The highest BCUT2D eigenvalue weighted by Crippen LogP contribution is 2.36. The maximum Gasteiger partial charge on any atom is 0.321 e. The van der Waals surface area contributed by atoms with Gasteiger partial charge >= 0.3 is 5.97 Å². The normalized spacial score (nSPS) is 22.5. The van der Waals surface area contributed by atoms with Gasteiger partial charge in [-0.15, -0.1) is 0 Å². The molecule has 1 N–H and O–H groups in total. The van der Waals surface area contributed by atoms with E-state index in [0.29, 0.717) is 12.4 Å². The van der Waals surface area contributed by atoms with Crippen molar-refractivity contribution in [2.75, 3.05) is 6.54 Å². The van der Waals surface area contributed by atoms with Crippen LogP contribution in [0.2, 0.25) is 0 Å². The van der Waals surface area contributed by atoms with Crippen LogP contribution >= 0.6 is 0 Å². The minimum atomic E-state index is -0.768. The van der Waals surface area contributed by atoms with Crippen LogP contribution in [0.1, 0.15) is 32.6 Å². The van der Waals surface area contributed by atoms with E-state index in [1.54, 1.807) is 0 Å². The largest absolute Gasteiger partial charge is 0.480 e. The monoisotopic (exact) mass is 288 g/mol. The van der Waals surface area contributed by atoms with E-state index in [0.717, 1.165) is 30.5 Å². The van der Waals surface area contributed by atoms with Crippen LogP contribution in [0.25, 0.3) is 11.1 Å². The summed E-state index contributed by atoms with van der Waals surface area (Å²) in [7, 11) is 0.